The Bertz CT molecular complexity index is 1530. The first-order valence-corrected chi connectivity index (χ1v) is 16.0. The molecule has 1 aliphatic heterocycles. The Hall–Kier alpha value is -3.64. The molecule has 43 heavy (non-hydrogen) atoms. The molecule has 1 unspecified atom stereocenters. The second kappa shape index (κ2) is 13.8. The number of carbonyl (C=O) groups is 2. The van der Waals surface area contributed by atoms with Gasteiger partial charge in [0.1, 0.15) is 5.82 Å². The fourth-order valence-corrected chi connectivity index (χ4v) is 6.74. The monoisotopic (exact) mass is 627 g/mol. The summed E-state index contributed by atoms with van der Waals surface area (Å²) in [5.74, 6) is 1.26. The van der Waals surface area contributed by atoms with Crippen LogP contribution in [0, 0.1) is 0 Å². The first-order valence-electron chi connectivity index (χ1n) is 14.1. The summed E-state index contributed by atoms with van der Waals surface area (Å²) >= 11 is 2.84. The zero-order valence-electron chi connectivity index (χ0n) is 23.7. The number of nitrogens with zero attached hydrogens (tertiary/aromatic N) is 5. The predicted octanol–water partition coefficient (Wildman–Crippen LogP) is 6.57. The fourth-order valence-electron chi connectivity index (χ4n) is 5.09. The minimum absolute atomic E-state index is 0.0107. The molecular weight excluding hydrogens is 596 g/mol. The third-order valence-corrected chi connectivity index (χ3v) is 9.20. The predicted molar refractivity (Wildman–Crippen MR) is 162 cm³/mol. The van der Waals surface area contributed by atoms with Crippen LogP contribution in [0.3, 0.4) is 0 Å². The van der Waals surface area contributed by atoms with Gasteiger partial charge in [-0.2, -0.15) is 13.2 Å². The van der Waals surface area contributed by atoms with E-state index in [-0.39, 0.29) is 17.9 Å². The molecule has 0 aliphatic carbocycles. The van der Waals surface area contributed by atoms with E-state index in [1.165, 1.54) is 29.2 Å². The first kappa shape index (κ1) is 30.8. The Morgan fingerprint density at radius 1 is 1.00 bits per heavy atom. The zero-order valence-corrected chi connectivity index (χ0v) is 25.3. The highest BCUT2D eigenvalue weighted by molar-refractivity contribution is 7.99. The number of thiophene rings is 1. The van der Waals surface area contributed by atoms with Crippen molar-refractivity contribution in [1.29, 1.82) is 0 Å². The van der Waals surface area contributed by atoms with Crippen molar-refractivity contribution in [2.45, 2.75) is 50.0 Å². The van der Waals surface area contributed by atoms with Gasteiger partial charge in [-0.3, -0.25) is 14.2 Å². The van der Waals surface area contributed by atoms with Crippen LogP contribution in [0.25, 0.3) is 5.69 Å². The molecule has 7 nitrogen and oxygen atoms in total. The third kappa shape index (κ3) is 7.66. The second-order valence-electron chi connectivity index (χ2n) is 10.4. The van der Waals surface area contributed by atoms with E-state index in [1.54, 1.807) is 10.6 Å². The lowest BCUT2D eigenvalue weighted by atomic mass is 10.1. The highest BCUT2D eigenvalue weighted by Gasteiger charge is 2.32. The average Bonchev–Trinajstić information content (AvgIpc) is 3.67. The standard InChI is InChI=1S/C31H32F3N5O2S2/c1-22-21-37(15-16-38(22)29(41)26-13-8-18-42-26)28(40)14-5-6-17-43-30-36-35-27(19-23-9-3-2-4-10-23)39(30)25-12-7-11-24(20-25)31(32,33)34/h2-4,7-13,18,20,22H,5-6,14-17,19,21H2,1H3. The Balaban J connectivity index is 1.17. The van der Waals surface area contributed by atoms with E-state index in [1.807, 2.05) is 64.6 Å². The van der Waals surface area contributed by atoms with Crippen molar-refractivity contribution in [3.05, 3.63) is 93.9 Å². The maximum atomic E-state index is 13.5. The fraction of sp³-hybridized carbons (Fsp3) is 0.355. The number of hydrogen-bond acceptors (Lipinski definition) is 6. The second-order valence-corrected chi connectivity index (χ2v) is 12.4. The van der Waals surface area contributed by atoms with E-state index in [9.17, 15) is 22.8 Å². The lowest BCUT2D eigenvalue weighted by Gasteiger charge is -2.39. The SMILES string of the molecule is CC1CN(C(=O)CCCCSc2nnc(Cc3ccccc3)n2-c2cccc(C(F)(F)F)c2)CCN1C(=O)c1cccs1. The Labute approximate surface area is 256 Å². The van der Waals surface area contributed by atoms with E-state index in [4.69, 9.17) is 0 Å². The summed E-state index contributed by atoms with van der Waals surface area (Å²) in [6, 6.07) is 18.4. The van der Waals surface area contributed by atoms with Crippen LogP contribution < -0.4 is 0 Å². The summed E-state index contributed by atoms with van der Waals surface area (Å²) in [7, 11) is 0. The largest absolute Gasteiger partial charge is 0.416 e. The number of amides is 2. The van der Waals surface area contributed by atoms with E-state index < -0.39 is 11.7 Å². The third-order valence-electron chi connectivity index (χ3n) is 7.33. The van der Waals surface area contributed by atoms with Crippen LogP contribution in [-0.4, -0.2) is 67.8 Å². The van der Waals surface area contributed by atoms with Crippen LogP contribution in [-0.2, 0) is 17.4 Å². The summed E-state index contributed by atoms with van der Waals surface area (Å²) in [5, 5.41) is 11.1. The van der Waals surface area contributed by atoms with Crippen molar-refractivity contribution in [1.82, 2.24) is 24.6 Å². The summed E-state index contributed by atoms with van der Waals surface area (Å²) in [5.41, 5.74) is 0.600. The summed E-state index contributed by atoms with van der Waals surface area (Å²) in [6.45, 7) is 3.50. The maximum absolute atomic E-state index is 13.5. The summed E-state index contributed by atoms with van der Waals surface area (Å²) in [4.78, 5) is 30.0. The van der Waals surface area contributed by atoms with Gasteiger partial charge in [-0.05, 0) is 55.0 Å². The molecule has 1 saturated heterocycles. The number of rotatable bonds is 10. The van der Waals surface area contributed by atoms with Gasteiger partial charge < -0.3 is 9.80 Å². The highest BCUT2D eigenvalue weighted by atomic mass is 32.2. The van der Waals surface area contributed by atoms with Gasteiger partial charge >= 0.3 is 6.18 Å². The molecule has 2 aromatic heterocycles. The van der Waals surface area contributed by atoms with Gasteiger partial charge in [0.05, 0.1) is 16.1 Å². The molecule has 226 valence electrons. The van der Waals surface area contributed by atoms with Crippen molar-refractivity contribution in [3.63, 3.8) is 0 Å². The van der Waals surface area contributed by atoms with Gasteiger partial charge in [0, 0.05) is 44.3 Å². The number of benzene rings is 2. The van der Waals surface area contributed by atoms with Crippen LogP contribution in [0.1, 0.15) is 52.8 Å². The lowest BCUT2D eigenvalue weighted by molar-refractivity contribution is -0.137. The van der Waals surface area contributed by atoms with Crippen LogP contribution in [0.4, 0.5) is 13.2 Å². The van der Waals surface area contributed by atoms with Crippen molar-refractivity contribution in [2.24, 2.45) is 0 Å². The number of alkyl halides is 3. The van der Waals surface area contributed by atoms with Crippen molar-refractivity contribution in [3.8, 4) is 5.69 Å². The van der Waals surface area contributed by atoms with Gasteiger partial charge in [0.25, 0.3) is 5.91 Å². The molecule has 2 aromatic carbocycles. The van der Waals surface area contributed by atoms with Crippen molar-refractivity contribution < 1.29 is 22.8 Å². The molecule has 12 heteroatoms. The number of halogens is 3. The number of carbonyl (C=O) groups excluding carboxylic acids is 2. The number of aromatic nitrogens is 3. The lowest BCUT2D eigenvalue weighted by Crippen LogP contribution is -2.55. The Morgan fingerprint density at radius 2 is 1.81 bits per heavy atom. The van der Waals surface area contributed by atoms with E-state index in [2.05, 4.69) is 10.2 Å². The van der Waals surface area contributed by atoms with Crippen molar-refractivity contribution >= 4 is 34.9 Å². The molecule has 5 rings (SSSR count). The number of hydrogen-bond donors (Lipinski definition) is 0. The molecule has 0 N–H and O–H groups in total. The Kier molecular flexibility index (Phi) is 9.86. The topological polar surface area (TPSA) is 71.3 Å². The molecular formula is C31H32F3N5O2S2. The molecule has 0 radical (unpaired) electrons. The molecule has 0 saturated carbocycles. The molecule has 1 aliphatic rings. The molecule has 2 amide bonds. The van der Waals surface area contributed by atoms with Crippen LogP contribution in [0.5, 0.6) is 0 Å². The van der Waals surface area contributed by atoms with Crippen LogP contribution in [0.15, 0.2) is 77.3 Å². The highest BCUT2D eigenvalue weighted by Crippen LogP contribution is 2.32. The smallest absolute Gasteiger partial charge is 0.339 e. The molecule has 4 aromatic rings. The summed E-state index contributed by atoms with van der Waals surface area (Å²) in [6.07, 6.45) is -2.25. The minimum Gasteiger partial charge on any atom is -0.339 e. The number of piperazine rings is 1. The van der Waals surface area contributed by atoms with Gasteiger partial charge in [0.2, 0.25) is 5.91 Å². The van der Waals surface area contributed by atoms with Gasteiger partial charge in [-0.1, -0.05) is 54.2 Å². The van der Waals surface area contributed by atoms with Crippen LogP contribution in [0.2, 0.25) is 0 Å². The normalized spacial score (nSPS) is 15.6. The minimum atomic E-state index is -4.46. The van der Waals surface area contributed by atoms with Gasteiger partial charge in [-0.25, -0.2) is 0 Å². The summed E-state index contributed by atoms with van der Waals surface area (Å²) < 4.78 is 42.1. The van der Waals surface area contributed by atoms with E-state index >= 15 is 0 Å². The van der Waals surface area contributed by atoms with Crippen LogP contribution >= 0.6 is 23.1 Å². The zero-order chi connectivity index (χ0) is 30.4. The van der Waals surface area contributed by atoms with Crippen molar-refractivity contribution in [2.75, 3.05) is 25.4 Å². The number of thioether (sulfide) groups is 1. The maximum Gasteiger partial charge on any atom is 0.416 e. The van der Waals surface area contributed by atoms with E-state index in [0.717, 1.165) is 24.1 Å². The molecule has 3 heterocycles. The molecule has 1 fully saturated rings. The first-order chi connectivity index (χ1) is 20.7. The quantitative estimate of drug-likeness (QED) is 0.147. The molecule has 0 bridgehead atoms. The van der Waals surface area contributed by atoms with Gasteiger partial charge in [0.15, 0.2) is 5.16 Å². The average molecular weight is 628 g/mol. The number of unbranched alkanes of at least 4 members (excludes halogenated alkanes) is 1. The molecule has 1 atom stereocenters. The molecule has 0 spiro atoms. The van der Waals surface area contributed by atoms with E-state index in [0.29, 0.717) is 66.2 Å². The Morgan fingerprint density at radius 3 is 2.53 bits per heavy atom. The van der Waals surface area contributed by atoms with Gasteiger partial charge in [-0.15, -0.1) is 21.5 Å².